The first kappa shape index (κ1) is 38.1. The van der Waals surface area contributed by atoms with E-state index < -0.39 is 84.7 Å². The zero-order valence-electron chi connectivity index (χ0n) is 27.7. The predicted molar refractivity (Wildman–Crippen MR) is 181 cm³/mol. The third-order valence-electron chi connectivity index (χ3n) is 7.69. The van der Waals surface area contributed by atoms with Crippen LogP contribution in [0.2, 0.25) is 0 Å². The van der Waals surface area contributed by atoms with Crippen molar-refractivity contribution in [1.29, 1.82) is 0 Å². The number of hydrogen-bond acceptors (Lipinski definition) is 9. The zero-order chi connectivity index (χ0) is 36.1. The molecule has 0 unspecified atom stereocenters. The highest BCUT2D eigenvalue weighted by molar-refractivity contribution is 5.97. The molecule has 3 rings (SSSR count). The fourth-order valence-corrected chi connectivity index (χ4v) is 4.95. The fourth-order valence-electron chi connectivity index (χ4n) is 4.95. The molecule has 0 bridgehead atoms. The zero-order valence-corrected chi connectivity index (χ0v) is 27.7. The lowest BCUT2D eigenvalue weighted by atomic mass is 9.97. The van der Waals surface area contributed by atoms with E-state index in [2.05, 4.69) is 21.3 Å². The van der Waals surface area contributed by atoms with Gasteiger partial charge >= 0.3 is 5.97 Å². The van der Waals surface area contributed by atoms with Gasteiger partial charge < -0.3 is 42.6 Å². The molecule has 0 aromatic heterocycles. The van der Waals surface area contributed by atoms with Crippen molar-refractivity contribution < 1.29 is 38.6 Å². The van der Waals surface area contributed by atoms with Crippen LogP contribution in [0.4, 0.5) is 0 Å². The quantitative estimate of drug-likeness (QED) is 0.0948. The second kappa shape index (κ2) is 18.3. The van der Waals surface area contributed by atoms with Crippen molar-refractivity contribution in [2.24, 2.45) is 17.4 Å². The van der Waals surface area contributed by atoms with E-state index in [1.807, 2.05) is 60.7 Å². The number of hydrogen-bond donors (Lipinski definition) is 7. The van der Waals surface area contributed by atoms with E-state index in [0.29, 0.717) is 0 Å². The molecule has 9 N–H and O–H groups in total. The van der Waals surface area contributed by atoms with Crippen molar-refractivity contribution in [3.8, 4) is 0 Å². The number of ether oxygens (including phenoxy) is 1. The first-order chi connectivity index (χ1) is 23.3. The summed E-state index contributed by atoms with van der Waals surface area (Å²) in [7, 11) is 0. The molecule has 5 amide bonds. The molecule has 0 heterocycles. The number of amides is 5. The average molecular weight is 677 g/mol. The molecule has 0 fully saturated rings. The Morgan fingerprint density at radius 1 is 0.735 bits per heavy atom. The van der Waals surface area contributed by atoms with Crippen LogP contribution in [-0.4, -0.2) is 77.4 Å². The molecule has 14 nitrogen and oxygen atoms in total. The number of primary amides is 1. The highest BCUT2D eigenvalue weighted by Crippen LogP contribution is 2.20. The Morgan fingerprint density at radius 2 is 1.35 bits per heavy atom. The number of aliphatic hydroxyl groups is 1. The van der Waals surface area contributed by atoms with Gasteiger partial charge in [0.15, 0.2) is 0 Å². The molecule has 0 aliphatic rings. The molecule has 49 heavy (non-hydrogen) atoms. The molecule has 3 aromatic carbocycles. The number of esters is 1. The van der Waals surface area contributed by atoms with Crippen LogP contribution in [-0.2, 0) is 46.5 Å². The van der Waals surface area contributed by atoms with E-state index in [1.54, 1.807) is 26.0 Å². The van der Waals surface area contributed by atoms with Gasteiger partial charge in [-0.1, -0.05) is 86.6 Å². The van der Waals surface area contributed by atoms with Crippen LogP contribution >= 0.6 is 0 Å². The summed E-state index contributed by atoms with van der Waals surface area (Å²) in [5.41, 5.74) is 12.3. The van der Waals surface area contributed by atoms with Crippen molar-refractivity contribution in [3.63, 3.8) is 0 Å². The Hall–Kier alpha value is -5.34. The van der Waals surface area contributed by atoms with E-state index in [0.717, 1.165) is 21.9 Å². The standard InChI is InChI=1S/C35H44N6O8/c1-20(2)30(41-33(46)28(17-29(37)43)39-31(44)26(36)18-42)34(47)40-27(16-24-14-9-13-23-12-7-8-15-25(23)24)32(45)38-21(3)35(48)49-19-22-10-5-4-6-11-22/h4-15,20-21,26-28,30,42H,16-19,36H2,1-3H3,(H2,37,43)(H,38,45)(H,39,44)(H,40,47)(H,41,46)/t21-,26-,27-,28-,30-/m0/s1. The lowest BCUT2D eigenvalue weighted by Crippen LogP contribution is -2.60. The van der Waals surface area contributed by atoms with E-state index >= 15 is 0 Å². The highest BCUT2D eigenvalue weighted by Gasteiger charge is 2.33. The van der Waals surface area contributed by atoms with E-state index in [1.165, 1.54) is 6.92 Å². The van der Waals surface area contributed by atoms with Gasteiger partial charge in [-0.15, -0.1) is 0 Å². The largest absolute Gasteiger partial charge is 0.459 e. The Labute approximate surface area is 284 Å². The number of carbonyl (C=O) groups excluding carboxylic acids is 6. The number of rotatable bonds is 17. The summed E-state index contributed by atoms with van der Waals surface area (Å²) in [6.07, 6.45) is -0.574. The molecule has 5 atom stereocenters. The van der Waals surface area contributed by atoms with Gasteiger partial charge in [0, 0.05) is 6.42 Å². The maximum Gasteiger partial charge on any atom is 0.328 e. The molecule has 0 aliphatic heterocycles. The summed E-state index contributed by atoms with van der Waals surface area (Å²) in [4.78, 5) is 77.4. The first-order valence-electron chi connectivity index (χ1n) is 15.8. The van der Waals surface area contributed by atoms with Crippen LogP contribution in [0.3, 0.4) is 0 Å². The van der Waals surface area contributed by atoms with Crippen LogP contribution in [0.5, 0.6) is 0 Å². The van der Waals surface area contributed by atoms with Crippen molar-refractivity contribution in [2.45, 2.75) is 70.4 Å². The number of nitrogens with one attached hydrogen (secondary N) is 4. The van der Waals surface area contributed by atoms with Gasteiger partial charge in [0.25, 0.3) is 0 Å². The van der Waals surface area contributed by atoms with Gasteiger partial charge in [0.1, 0.15) is 36.8 Å². The molecular weight excluding hydrogens is 632 g/mol. The number of fused-ring (bicyclic) bond motifs is 1. The van der Waals surface area contributed by atoms with Crippen LogP contribution in [0.1, 0.15) is 38.3 Å². The molecule has 0 saturated carbocycles. The third-order valence-corrected chi connectivity index (χ3v) is 7.69. The van der Waals surface area contributed by atoms with E-state index in [-0.39, 0.29) is 13.0 Å². The Bertz CT molecular complexity index is 1630. The predicted octanol–water partition coefficient (Wildman–Crippen LogP) is -0.0642. The second-order valence-corrected chi connectivity index (χ2v) is 12.0. The van der Waals surface area contributed by atoms with Gasteiger partial charge in [0.05, 0.1) is 13.0 Å². The summed E-state index contributed by atoms with van der Waals surface area (Å²) in [5.74, 6) is -5.33. The third kappa shape index (κ3) is 11.4. The molecule has 14 heteroatoms. The maximum absolute atomic E-state index is 13.8. The molecule has 3 aromatic rings. The summed E-state index contributed by atoms with van der Waals surface area (Å²) in [6.45, 7) is 4.07. The van der Waals surface area contributed by atoms with Crippen molar-refractivity contribution in [1.82, 2.24) is 21.3 Å². The van der Waals surface area contributed by atoms with Crippen LogP contribution in [0.25, 0.3) is 10.8 Å². The van der Waals surface area contributed by atoms with E-state index in [9.17, 15) is 33.9 Å². The lowest BCUT2D eigenvalue weighted by molar-refractivity contribution is -0.148. The SMILES string of the molecule is CC(C)[C@H](NC(=O)[C@H](CC(N)=O)NC(=O)[C@@H](N)CO)C(=O)N[C@@H](Cc1cccc2ccccc12)C(=O)N[C@@H](C)C(=O)OCc1ccccc1. The Kier molecular flexibility index (Phi) is 14.2. The minimum absolute atomic E-state index is 0.00889. The van der Waals surface area contributed by atoms with Crippen LogP contribution < -0.4 is 32.7 Å². The molecule has 0 saturated heterocycles. The number of carbonyl (C=O) groups is 6. The molecule has 0 radical (unpaired) electrons. The molecule has 262 valence electrons. The minimum atomic E-state index is -1.49. The Morgan fingerprint density at radius 3 is 2.00 bits per heavy atom. The van der Waals surface area contributed by atoms with Crippen LogP contribution in [0, 0.1) is 5.92 Å². The molecule has 0 aliphatic carbocycles. The number of aliphatic hydroxyl groups excluding tert-OH is 1. The van der Waals surface area contributed by atoms with Gasteiger partial charge in [-0.2, -0.15) is 0 Å². The first-order valence-corrected chi connectivity index (χ1v) is 15.8. The smallest absolute Gasteiger partial charge is 0.328 e. The van der Waals surface area contributed by atoms with Crippen LogP contribution in [0.15, 0.2) is 72.8 Å². The monoisotopic (exact) mass is 676 g/mol. The van der Waals surface area contributed by atoms with E-state index in [4.69, 9.17) is 16.2 Å². The maximum atomic E-state index is 13.8. The fraction of sp³-hybridized carbons (Fsp3) is 0.371. The summed E-state index contributed by atoms with van der Waals surface area (Å²) >= 11 is 0. The highest BCUT2D eigenvalue weighted by atomic mass is 16.5. The van der Waals surface area contributed by atoms with Crippen molar-refractivity contribution in [2.75, 3.05) is 6.61 Å². The molecular formula is C35H44N6O8. The topological polar surface area (TPSA) is 232 Å². The normalized spacial score (nSPS) is 14.1. The lowest BCUT2D eigenvalue weighted by Gasteiger charge is -2.28. The Balaban J connectivity index is 1.83. The number of benzene rings is 3. The van der Waals surface area contributed by atoms with Gasteiger partial charge in [-0.25, -0.2) is 4.79 Å². The summed E-state index contributed by atoms with van der Waals surface area (Å²) < 4.78 is 5.37. The van der Waals surface area contributed by atoms with Crippen molar-refractivity contribution >= 4 is 46.3 Å². The summed E-state index contributed by atoms with van der Waals surface area (Å²) in [6, 6.07) is 15.8. The number of nitrogens with two attached hydrogens (primary N) is 2. The average Bonchev–Trinajstić information content (AvgIpc) is 3.08. The second-order valence-electron chi connectivity index (χ2n) is 12.0. The molecule has 0 spiro atoms. The summed E-state index contributed by atoms with van der Waals surface area (Å²) in [5, 5.41) is 21.1. The van der Waals surface area contributed by atoms with Crippen molar-refractivity contribution in [3.05, 3.63) is 83.9 Å². The van der Waals surface area contributed by atoms with Gasteiger partial charge in [-0.05, 0) is 34.7 Å². The van der Waals surface area contributed by atoms with Gasteiger partial charge in [-0.3, -0.25) is 24.0 Å². The van der Waals surface area contributed by atoms with Gasteiger partial charge in [0.2, 0.25) is 29.5 Å². The minimum Gasteiger partial charge on any atom is -0.459 e.